The Morgan fingerprint density at radius 3 is 2.89 bits per heavy atom. The molecule has 1 N–H and O–H groups in total. The maximum Gasteiger partial charge on any atom is 0.261 e. The first-order chi connectivity index (χ1) is 8.49. The van der Waals surface area contributed by atoms with Crippen LogP contribution in [-0.2, 0) is 10.0 Å². The van der Waals surface area contributed by atoms with E-state index < -0.39 is 20.9 Å². The van der Waals surface area contributed by atoms with Crippen LogP contribution >= 0.6 is 0 Å². The van der Waals surface area contributed by atoms with Gasteiger partial charge in [-0.25, -0.2) is 22.5 Å². The highest BCUT2D eigenvalue weighted by atomic mass is 32.2. The lowest BCUT2D eigenvalue weighted by Crippen LogP contribution is -2.30. The Kier molecular flexibility index (Phi) is 3.97. The molecule has 0 saturated heterocycles. The van der Waals surface area contributed by atoms with Crippen LogP contribution in [0.1, 0.15) is 26.2 Å². The van der Waals surface area contributed by atoms with Crippen molar-refractivity contribution in [3.8, 4) is 0 Å². The van der Waals surface area contributed by atoms with Crippen LogP contribution in [0.2, 0.25) is 0 Å². The molecule has 0 spiro atoms. The predicted molar refractivity (Wildman–Crippen MR) is 65.9 cm³/mol. The minimum absolute atomic E-state index is 0.349. The Balaban J connectivity index is 2.02. The van der Waals surface area contributed by atoms with Gasteiger partial charge >= 0.3 is 0 Å². The van der Waals surface area contributed by atoms with Gasteiger partial charge in [0.2, 0.25) is 5.03 Å². The summed E-state index contributed by atoms with van der Waals surface area (Å²) < 4.78 is 39.6. The SMILES string of the molecule is CC1CCC(CNS(=O)(=O)c2ncccc2F)C1. The minimum Gasteiger partial charge on any atom is -0.241 e. The van der Waals surface area contributed by atoms with E-state index in [1.807, 2.05) is 0 Å². The molecular formula is C12H17FN2O2S. The second-order valence-electron chi connectivity index (χ2n) is 4.93. The molecule has 2 unspecified atom stereocenters. The molecule has 1 aromatic heterocycles. The van der Waals surface area contributed by atoms with Crippen LogP contribution in [0.4, 0.5) is 4.39 Å². The number of nitrogens with zero attached hydrogens (tertiary/aromatic N) is 1. The van der Waals surface area contributed by atoms with E-state index in [4.69, 9.17) is 0 Å². The summed E-state index contributed by atoms with van der Waals surface area (Å²) in [6, 6.07) is 2.46. The van der Waals surface area contributed by atoms with Crippen LogP contribution in [0.15, 0.2) is 23.4 Å². The molecule has 18 heavy (non-hydrogen) atoms. The molecule has 100 valence electrons. The highest BCUT2D eigenvalue weighted by Crippen LogP contribution is 2.29. The van der Waals surface area contributed by atoms with E-state index in [0.29, 0.717) is 18.4 Å². The van der Waals surface area contributed by atoms with Gasteiger partial charge in [-0.05, 0) is 36.8 Å². The summed E-state index contributed by atoms with van der Waals surface area (Å²) in [6.45, 7) is 2.52. The number of rotatable bonds is 4. The molecule has 1 fully saturated rings. The van der Waals surface area contributed by atoms with Crippen molar-refractivity contribution < 1.29 is 12.8 Å². The van der Waals surface area contributed by atoms with Crippen molar-refractivity contribution >= 4 is 10.0 Å². The van der Waals surface area contributed by atoms with Crippen molar-refractivity contribution in [3.05, 3.63) is 24.1 Å². The maximum atomic E-state index is 13.4. The monoisotopic (exact) mass is 272 g/mol. The average Bonchev–Trinajstić information content (AvgIpc) is 2.73. The van der Waals surface area contributed by atoms with Crippen LogP contribution in [-0.4, -0.2) is 19.9 Å². The average molecular weight is 272 g/mol. The van der Waals surface area contributed by atoms with Gasteiger partial charge in [-0.1, -0.05) is 13.3 Å². The molecule has 1 aliphatic carbocycles. The van der Waals surface area contributed by atoms with Crippen molar-refractivity contribution in [1.82, 2.24) is 9.71 Å². The molecule has 1 heterocycles. The zero-order valence-electron chi connectivity index (χ0n) is 10.3. The fourth-order valence-corrected chi connectivity index (χ4v) is 3.49. The third-order valence-electron chi connectivity index (χ3n) is 3.34. The van der Waals surface area contributed by atoms with Crippen molar-refractivity contribution in [1.29, 1.82) is 0 Å². The van der Waals surface area contributed by atoms with Crippen LogP contribution in [0, 0.1) is 17.7 Å². The molecule has 6 heteroatoms. The molecule has 1 aliphatic rings. The Bertz CT molecular complexity index is 519. The van der Waals surface area contributed by atoms with E-state index in [1.54, 1.807) is 0 Å². The lowest BCUT2D eigenvalue weighted by atomic mass is 10.1. The third-order valence-corrected chi connectivity index (χ3v) is 4.70. The van der Waals surface area contributed by atoms with Gasteiger partial charge in [0.1, 0.15) is 0 Å². The summed E-state index contributed by atoms with van der Waals surface area (Å²) >= 11 is 0. The number of sulfonamides is 1. The number of hydrogen-bond acceptors (Lipinski definition) is 3. The summed E-state index contributed by atoms with van der Waals surface area (Å²) in [5, 5.41) is -0.518. The van der Waals surface area contributed by atoms with E-state index in [2.05, 4.69) is 16.6 Å². The zero-order valence-corrected chi connectivity index (χ0v) is 11.1. The number of pyridine rings is 1. The summed E-state index contributed by atoms with van der Waals surface area (Å²) in [5.74, 6) is 0.178. The van der Waals surface area contributed by atoms with Gasteiger partial charge in [0.05, 0.1) is 0 Å². The van der Waals surface area contributed by atoms with Gasteiger partial charge < -0.3 is 0 Å². The Labute approximate surface area is 107 Å². The zero-order chi connectivity index (χ0) is 13.2. The highest BCUT2D eigenvalue weighted by molar-refractivity contribution is 7.89. The first-order valence-electron chi connectivity index (χ1n) is 6.09. The Hall–Kier alpha value is -1.01. The number of halogens is 1. The van der Waals surface area contributed by atoms with Gasteiger partial charge in [0.15, 0.2) is 5.82 Å². The van der Waals surface area contributed by atoms with Crippen molar-refractivity contribution in [2.45, 2.75) is 31.2 Å². The number of hydrogen-bond donors (Lipinski definition) is 1. The standard InChI is InChI=1S/C12H17FN2O2S/c1-9-4-5-10(7-9)8-15-18(16,17)12-11(13)3-2-6-14-12/h2-3,6,9-10,15H,4-5,7-8H2,1H3. The smallest absolute Gasteiger partial charge is 0.241 e. The molecule has 1 saturated carbocycles. The topological polar surface area (TPSA) is 59.1 Å². The first kappa shape index (κ1) is 13.4. The van der Waals surface area contributed by atoms with Crippen LogP contribution in [0.3, 0.4) is 0 Å². The van der Waals surface area contributed by atoms with Gasteiger partial charge in [0.25, 0.3) is 10.0 Å². The molecular weight excluding hydrogens is 255 g/mol. The van der Waals surface area contributed by atoms with E-state index in [0.717, 1.165) is 25.3 Å². The van der Waals surface area contributed by atoms with Gasteiger partial charge in [-0.15, -0.1) is 0 Å². The quantitative estimate of drug-likeness (QED) is 0.911. The van der Waals surface area contributed by atoms with Gasteiger partial charge in [-0.3, -0.25) is 0 Å². The van der Waals surface area contributed by atoms with Crippen molar-refractivity contribution in [2.75, 3.05) is 6.54 Å². The van der Waals surface area contributed by atoms with E-state index >= 15 is 0 Å². The molecule has 0 bridgehead atoms. The van der Waals surface area contributed by atoms with E-state index in [-0.39, 0.29) is 0 Å². The maximum absolute atomic E-state index is 13.4. The van der Waals surface area contributed by atoms with Gasteiger partial charge in [-0.2, -0.15) is 0 Å². The molecule has 0 aromatic carbocycles. The van der Waals surface area contributed by atoms with Crippen LogP contribution in [0.25, 0.3) is 0 Å². The lowest BCUT2D eigenvalue weighted by molar-refractivity contribution is 0.493. The molecule has 0 amide bonds. The third kappa shape index (κ3) is 3.05. The van der Waals surface area contributed by atoms with Crippen LogP contribution < -0.4 is 4.72 Å². The number of aromatic nitrogens is 1. The van der Waals surface area contributed by atoms with Crippen molar-refractivity contribution in [3.63, 3.8) is 0 Å². The van der Waals surface area contributed by atoms with E-state index in [1.165, 1.54) is 12.3 Å². The highest BCUT2D eigenvalue weighted by Gasteiger charge is 2.25. The molecule has 0 radical (unpaired) electrons. The largest absolute Gasteiger partial charge is 0.261 e. The van der Waals surface area contributed by atoms with Crippen LogP contribution in [0.5, 0.6) is 0 Å². The molecule has 4 nitrogen and oxygen atoms in total. The molecule has 0 aliphatic heterocycles. The Morgan fingerprint density at radius 2 is 2.28 bits per heavy atom. The minimum atomic E-state index is -3.83. The molecule has 1 aromatic rings. The number of nitrogens with one attached hydrogen (secondary N) is 1. The fourth-order valence-electron chi connectivity index (χ4n) is 2.38. The summed E-state index contributed by atoms with van der Waals surface area (Å²) in [6.07, 6.45) is 4.45. The normalized spacial score (nSPS) is 24.3. The second kappa shape index (κ2) is 5.32. The summed E-state index contributed by atoms with van der Waals surface area (Å²) in [4.78, 5) is 3.58. The first-order valence-corrected chi connectivity index (χ1v) is 7.57. The molecule has 2 atom stereocenters. The lowest BCUT2D eigenvalue weighted by Gasteiger charge is -2.11. The second-order valence-corrected chi connectivity index (χ2v) is 6.61. The summed E-state index contributed by atoms with van der Waals surface area (Å²) in [5.41, 5.74) is 0. The van der Waals surface area contributed by atoms with Gasteiger partial charge in [0, 0.05) is 12.7 Å². The molecule has 2 rings (SSSR count). The predicted octanol–water partition coefficient (Wildman–Crippen LogP) is 1.94. The van der Waals surface area contributed by atoms with Crippen molar-refractivity contribution in [2.24, 2.45) is 11.8 Å². The van der Waals surface area contributed by atoms with E-state index in [9.17, 15) is 12.8 Å². The Morgan fingerprint density at radius 1 is 1.50 bits per heavy atom. The summed E-state index contributed by atoms with van der Waals surface area (Å²) in [7, 11) is -3.83. The fraction of sp³-hybridized carbons (Fsp3) is 0.583.